The smallest absolute Gasteiger partial charge is 0.267 e. The molecule has 7 heteroatoms. The molecule has 0 bridgehead atoms. The van der Waals surface area contributed by atoms with Gasteiger partial charge >= 0.3 is 0 Å². The van der Waals surface area contributed by atoms with Crippen molar-refractivity contribution < 1.29 is 13.9 Å². The lowest BCUT2D eigenvalue weighted by Gasteiger charge is -2.16. The molecular weight excluding hydrogens is 524 g/mol. The number of amidine groups is 1. The molecule has 2 heterocycles. The molecule has 1 aromatic heterocycles. The van der Waals surface area contributed by atoms with Gasteiger partial charge in [0.15, 0.2) is 5.17 Å². The zero-order valence-electron chi connectivity index (χ0n) is 18.9. The van der Waals surface area contributed by atoms with Crippen LogP contribution in [0.1, 0.15) is 11.3 Å². The van der Waals surface area contributed by atoms with Gasteiger partial charge in [0, 0.05) is 16.1 Å². The topological polar surface area (TPSA) is 55.0 Å². The van der Waals surface area contributed by atoms with Crippen molar-refractivity contribution in [2.75, 3.05) is 7.11 Å². The Morgan fingerprint density at radius 3 is 2.43 bits per heavy atom. The van der Waals surface area contributed by atoms with Gasteiger partial charge in [-0.25, -0.2) is 4.99 Å². The molecule has 1 saturated heterocycles. The normalized spacial score (nSPS) is 15.8. The molecule has 5 nitrogen and oxygen atoms in total. The molecule has 1 aliphatic rings. The maximum absolute atomic E-state index is 13.4. The first kappa shape index (κ1) is 23.2. The second-order valence-electron chi connectivity index (χ2n) is 7.79. The second kappa shape index (κ2) is 10.4. The number of amides is 1. The Morgan fingerprint density at radius 2 is 1.71 bits per heavy atom. The number of ether oxygens (including phenoxy) is 1. The third kappa shape index (κ3) is 5.42. The fourth-order valence-corrected chi connectivity index (χ4v) is 4.83. The first-order chi connectivity index (χ1) is 17.1. The fourth-order valence-electron chi connectivity index (χ4n) is 3.59. The molecule has 35 heavy (non-hydrogen) atoms. The summed E-state index contributed by atoms with van der Waals surface area (Å²) in [5, 5.41) is 0.628. The van der Waals surface area contributed by atoms with Crippen LogP contribution in [0.15, 0.2) is 110 Å². The van der Waals surface area contributed by atoms with Crippen LogP contribution in [0.4, 0.5) is 5.69 Å². The molecule has 4 aromatic rings. The largest absolute Gasteiger partial charge is 0.497 e. The van der Waals surface area contributed by atoms with Crippen LogP contribution in [0.3, 0.4) is 0 Å². The first-order valence-electron chi connectivity index (χ1n) is 10.9. The lowest BCUT2D eigenvalue weighted by atomic mass is 10.2. The highest BCUT2D eigenvalue weighted by molar-refractivity contribution is 9.10. The van der Waals surface area contributed by atoms with Gasteiger partial charge in [-0.3, -0.25) is 9.69 Å². The Hall–Kier alpha value is -3.55. The molecular formula is C28H21BrN2O3S. The van der Waals surface area contributed by atoms with Crippen LogP contribution < -0.4 is 4.74 Å². The summed E-state index contributed by atoms with van der Waals surface area (Å²) in [7, 11) is 1.63. The third-order valence-electron chi connectivity index (χ3n) is 5.40. The molecule has 0 radical (unpaired) electrons. The zero-order valence-corrected chi connectivity index (χ0v) is 21.3. The Kier molecular flexibility index (Phi) is 6.88. The number of nitrogens with zero attached hydrogens (tertiary/aromatic N) is 2. The number of furan rings is 1. The van der Waals surface area contributed by atoms with E-state index in [2.05, 4.69) is 15.9 Å². The average Bonchev–Trinajstić information content (AvgIpc) is 3.46. The number of halogens is 1. The monoisotopic (exact) mass is 544 g/mol. The van der Waals surface area contributed by atoms with Crippen molar-refractivity contribution >= 4 is 50.5 Å². The summed E-state index contributed by atoms with van der Waals surface area (Å²) in [6.07, 6.45) is 1.78. The van der Waals surface area contributed by atoms with Gasteiger partial charge in [-0.05, 0) is 65.9 Å². The number of para-hydroxylation sites is 1. The van der Waals surface area contributed by atoms with E-state index in [0.29, 0.717) is 22.4 Å². The fraction of sp³-hybridized carbons (Fsp3) is 0.0714. The number of benzene rings is 3. The highest BCUT2D eigenvalue weighted by Gasteiger charge is 2.33. The van der Waals surface area contributed by atoms with E-state index in [0.717, 1.165) is 32.8 Å². The van der Waals surface area contributed by atoms with Crippen molar-refractivity contribution in [3.63, 3.8) is 0 Å². The minimum absolute atomic E-state index is 0.109. The summed E-state index contributed by atoms with van der Waals surface area (Å²) in [5.41, 5.74) is 2.74. The number of thioether (sulfide) groups is 1. The lowest BCUT2D eigenvalue weighted by Crippen LogP contribution is -2.28. The standard InChI is InChI=1S/C28H21BrN2O3S/c1-33-23-13-7-19(8-14-23)18-31-27(32)26(35-28(31)30-22-5-3-2-4-6-22)17-24-15-16-25(34-24)20-9-11-21(29)12-10-20/h2-17H,18H2,1H3. The van der Waals surface area contributed by atoms with Crippen molar-refractivity contribution in [1.29, 1.82) is 0 Å². The van der Waals surface area contributed by atoms with E-state index < -0.39 is 0 Å². The van der Waals surface area contributed by atoms with Crippen molar-refractivity contribution in [3.05, 3.63) is 112 Å². The molecule has 1 amide bonds. The van der Waals surface area contributed by atoms with E-state index in [9.17, 15) is 4.79 Å². The van der Waals surface area contributed by atoms with Crippen LogP contribution in [-0.2, 0) is 11.3 Å². The molecule has 0 spiro atoms. The maximum atomic E-state index is 13.4. The summed E-state index contributed by atoms with van der Waals surface area (Å²) in [6.45, 7) is 0.404. The van der Waals surface area contributed by atoms with Crippen LogP contribution in [-0.4, -0.2) is 23.1 Å². The first-order valence-corrected chi connectivity index (χ1v) is 12.5. The number of carbonyl (C=O) groups excluding carboxylic acids is 1. The molecule has 0 N–H and O–H groups in total. The highest BCUT2D eigenvalue weighted by Crippen LogP contribution is 2.36. The molecule has 174 valence electrons. The van der Waals surface area contributed by atoms with Gasteiger partial charge in [-0.15, -0.1) is 0 Å². The number of hydrogen-bond acceptors (Lipinski definition) is 5. The summed E-state index contributed by atoms with van der Waals surface area (Å²) < 4.78 is 12.3. The number of hydrogen-bond donors (Lipinski definition) is 0. The number of rotatable bonds is 6. The van der Waals surface area contributed by atoms with E-state index in [-0.39, 0.29) is 5.91 Å². The summed E-state index contributed by atoms with van der Waals surface area (Å²) in [5.74, 6) is 2.02. The van der Waals surface area contributed by atoms with Crippen molar-refractivity contribution in [1.82, 2.24) is 4.90 Å². The van der Waals surface area contributed by atoms with E-state index in [1.165, 1.54) is 11.8 Å². The predicted molar refractivity (Wildman–Crippen MR) is 144 cm³/mol. The van der Waals surface area contributed by atoms with Gasteiger partial charge in [-0.1, -0.05) is 58.4 Å². The van der Waals surface area contributed by atoms with Crippen LogP contribution in [0.25, 0.3) is 17.4 Å². The second-order valence-corrected chi connectivity index (χ2v) is 9.71. The maximum Gasteiger partial charge on any atom is 0.267 e. The van der Waals surface area contributed by atoms with Gasteiger partial charge < -0.3 is 9.15 Å². The Balaban J connectivity index is 1.44. The van der Waals surface area contributed by atoms with Crippen LogP contribution >= 0.6 is 27.7 Å². The molecule has 0 unspecified atom stereocenters. The summed E-state index contributed by atoms with van der Waals surface area (Å²) in [6, 6.07) is 29.0. The van der Waals surface area contributed by atoms with E-state index >= 15 is 0 Å². The Bertz CT molecular complexity index is 1390. The van der Waals surface area contributed by atoms with Gasteiger partial charge in [0.1, 0.15) is 17.3 Å². The Morgan fingerprint density at radius 1 is 0.971 bits per heavy atom. The number of aliphatic imine (C=N–C) groups is 1. The molecule has 1 fully saturated rings. The van der Waals surface area contributed by atoms with E-state index in [1.807, 2.05) is 91.0 Å². The van der Waals surface area contributed by atoms with Crippen LogP contribution in [0.5, 0.6) is 5.75 Å². The minimum atomic E-state index is -0.109. The highest BCUT2D eigenvalue weighted by atomic mass is 79.9. The van der Waals surface area contributed by atoms with Gasteiger partial charge in [-0.2, -0.15) is 0 Å². The van der Waals surface area contributed by atoms with E-state index in [4.69, 9.17) is 14.1 Å². The quantitative estimate of drug-likeness (QED) is 0.235. The molecule has 0 atom stereocenters. The van der Waals surface area contributed by atoms with E-state index in [1.54, 1.807) is 18.1 Å². The van der Waals surface area contributed by atoms with Crippen LogP contribution in [0.2, 0.25) is 0 Å². The third-order valence-corrected chi connectivity index (χ3v) is 6.93. The summed E-state index contributed by atoms with van der Waals surface area (Å²) >= 11 is 4.80. The molecule has 1 aliphatic heterocycles. The van der Waals surface area contributed by atoms with Gasteiger partial charge in [0.2, 0.25) is 0 Å². The van der Waals surface area contributed by atoms with Crippen LogP contribution in [0, 0.1) is 0 Å². The number of carbonyl (C=O) groups is 1. The zero-order chi connectivity index (χ0) is 24.2. The summed E-state index contributed by atoms with van der Waals surface area (Å²) in [4.78, 5) is 20.5. The predicted octanol–water partition coefficient (Wildman–Crippen LogP) is 7.52. The number of methoxy groups -OCH3 is 1. The average molecular weight is 545 g/mol. The molecule has 0 saturated carbocycles. The van der Waals surface area contributed by atoms with Crippen molar-refractivity contribution in [2.24, 2.45) is 4.99 Å². The SMILES string of the molecule is COc1ccc(CN2C(=O)C(=Cc3ccc(-c4ccc(Br)cc4)o3)SC2=Nc2ccccc2)cc1. The molecule has 0 aliphatic carbocycles. The van der Waals surface area contributed by atoms with Gasteiger partial charge in [0.25, 0.3) is 5.91 Å². The van der Waals surface area contributed by atoms with Crippen molar-refractivity contribution in [2.45, 2.75) is 6.54 Å². The molecule has 3 aromatic carbocycles. The molecule has 5 rings (SSSR count). The minimum Gasteiger partial charge on any atom is -0.497 e. The lowest BCUT2D eigenvalue weighted by molar-refractivity contribution is -0.122. The Labute approximate surface area is 216 Å². The van der Waals surface area contributed by atoms with Crippen molar-refractivity contribution in [3.8, 4) is 17.1 Å². The van der Waals surface area contributed by atoms with Gasteiger partial charge in [0.05, 0.1) is 24.2 Å².